The topological polar surface area (TPSA) is 29.1 Å². The lowest BCUT2D eigenvalue weighted by molar-refractivity contribution is -0.119. The quantitative estimate of drug-likeness (QED) is 0.524. The Bertz CT molecular complexity index is 775. The summed E-state index contributed by atoms with van der Waals surface area (Å²) in [6.07, 6.45) is 0.795. The molecule has 0 saturated heterocycles. The Kier molecular flexibility index (Phi) is 6.43. The zero-order valence-electron chi connectivity index (χ0n) is 16.9. The second kappa shape index (κ2) is 8.99. The molecule has 1 N–H and O–H groups in total. The minimum absolute atomic E-state index is 0.167. The monoisotopic (exact) mass is 371 g/mol. The molecule has 0 fully saturated rings. The van der Waals surface area contributed by atoms with Crippen LogP contribution in [0.3, 0.4) is 0 Å². The van der Waals surface area contributed by atoms with Crippen molar-refractivity contribution in [2.45, 2.75) is 38.8 Å². The minimum Gasteiger partial charge on any atom is -0.298 e. The fraction of sp³-hybridized carbons (Fsp3) is 0.269. The highest BCUT2D eigenvalue weighted by Gasteiger charge is 2.39. The van der Waals surface area contributed by atoms with E-state index in [0.29, 0.717) is 5.92 Å². The van der Waals surface area contributed by atoms with Crippen LogP contribution in [0.2, 0.25) is 0 Å². The first-order valence-corrected chi connectivity index (χ1v) is 9.98. The van der Waals surface area contributed by atoms with Crippen molar-refractivity contribution in [3.8, 4) is 0 Å². The van der Waals surface area contributed by atoms with E-state index in [9.17, 15) is 4.79 Å². The summed E-state index contributed by atoms with van der Waals surface area (Å²) in [5.41, 5.74) is 2.78. The smallest absolute Gasteiger partial charge is 0.146 e. The summed E-state index contributed by atoms with van der Waals surface area (Å²) in [5, 5.41) is 3.80. The molecule has 3 aromatic rings. The third-order valence-electron chi connectivity index (χ3n) is 5.21. The van der Waals surface area contributed by atoms with Crippen molar-refractivity contribution in [3.63, 3.8) is 0 Å². The van der Waals surface area contributed by atoms with Gasteiger partial charge in [0.05, 0.1) is 11.6 Å². The van der Waals surface area contributed by atoms with Crippen molar-refractivity contribution in [1.82, 2.24) is 5.32 Å². The summed E-state index contributed by atoms with van der Waals surface area (Å²) in [5.74, 6) is 0.585. The predicted octanol–water partition coefficient (Wildman–Crippen LogP) is 5.57. The fourth-order valence-corrected chi connectivity index (χ4v) is 3.87. The lowest BCUT2D eigenvalue weighted by Crippen LogP contribution is -2.52. The minimum atomic E-state index is -0.602. The molecule has 0 amide bonds. The van der Waals surface area contributed by atoms with Gasteiger partial charge in [-0.1, -0.05) is 105 Å². The molecule has 3 rings (SSSR count). The molecule has 0 spiro atoms. The van der Waals surface area contributed by atoms with Crippen molar-refractivity contribution < 1.29 is 4.79 Å². The molecular weight excluding hydrogens is 342 g/mol. The van der Waals surface area contributed by atoms with Crippen LogP contribution in [-0.2, 0) is 10.3 Å². The summed E-state index contributed by atoms with van der Waals surface area (Å²) in [7, 11) is 0. The number of nitrogens with one attached hydrogen (secondary N) is 1. The van der Waals surface area contributed by atoms with Crippen LogP contribution in [0.4, 0.5) is 0 Å². The summed E-state index contributed by atoms with van der Waals surface area (Å²) in [6.45, 7) is 6.01. The van der Waals surface area contributed by atoms with Gasteiger partial charge in [0.2, 0.25) is 0 Å². The van der Waals surface area contributed by atoms with Crippen LogP contribution >= 0.6 is 0 Å². The van der Waals surface area contributed by atoms with Crippen LogP contribution < -0.4 is 5.32 Å². The van der Waals surface area contributed by atoms with E-state index < -0.39 is 5.54 Å². The fourth-order valence-electron chi connectivity index (χ4n) is 3.87. The molecule has 144 valence electrons. The molecule has 0 radical (unpaired) electrons. The van der Waals surface area contributed by atoms with Gasteiger partial charge in [0.1, 0.15) is 5.78 Å². The highest BCUT2D eigenvalue weighted by molar-refractivity contribution is 5.81. The molecule has 0 bridgehead atoms. The van der Waals surface area contributed by atoms with Crippen LogP contribution in [0.15, 0.2) is 91.0 Å². The standard InChI is InChI=1S/C26H29NO/c1-20(2)19-25(21(3)28)27-26(22-13-7-4-8-14-22,23-15-9-5-10-16-23)24-17-11-6-12-18-24/h4-18,20,25,27H,19H2,1-3H3/t25-/m0/s1. The van der Waals surface area contributed by atoms with E-state index in [1.165, 1.54) is 0 Å². The maximum Gasteiger partial charge on any atom is 0.146 e. The molecule has 0 aromatic heterocycles. The zero-order valence-corrected chi connectivity index (χ0v) is 16.9. The zero-order chi connectivity index (χ0) is 20.0. The van der Waals surface area contributed by atoms with Crippen molar-refractivity contribution in [2.24, 2.45) is 5.92 Å². The number of hydrogen-bond donors (Lipinski definition) is 1. The van der Waals surface area contributed by atoms with Gasteiger partial charge in [-0.05, 0) is 36.0 Å². The van der Waals surface area contributed by atoms with E-state index in [1.54, 1.807) is 6.92 Å². The Balaban J connectivity index is 2.26. The van der Waals surface area contributed by atoms with E-state index in [1.807, 2.05) is 18.2 Å². The number of ketones is 1. The second-order valence-corrected chi connectivity index (χ2v) is 7.79. The molecule has 0 saturated carbocycles. The number of carbonyl (C=O) groups is 1. The summed E-state index contributed by atoms with van der Waals surface area (Å²) in [6, 6.07) is 31.0. The van der Waals surface area contributed by atoms with Gasteiger partial charge in [-0.25, -0.2) is 0 Å². The molecule has 2 nitrogen and oxygen atoms in total. The second-order valence-electron chi connectivity index (χ2n) is 7.79. The number of hydrogen-bond acceptors (Lipinski definition) is 2. The summed E-state index contributed by atoms with van der Waals surface area (Å²) >= 11 is 0. The number of Topliss-reactive ketones (excluding diaryl/α,β-unsaturated/α-hetero) is 1. The molecule has 3 aromatic carbocycles. The highest BCUT2D eigenvalue weighted by atomic mass is 16.1. The first kappa shape index (κ1) is 20.0. The Morgan fingerprint density at radius 1 is 0.750 bits per heavy atom. The molecular formula is C26H29NO. The molecule has 0 aliphatic heterocycles. The molecule has 0 heterocycles. The van der Waals surface area contributed by atoms with Gasteiger partial charge in [0, 0.05) is 0 Å². The number of benzene rings is 3. The van der Waals surface area contributed by atoms with Crippen LogP contribution in [0.1, 0.15) is 43.9 Å². The van der Waals surface area contributed by atoms with Crippen LogP contribution in [-0.4, -0.2) is 11.8 Å². The van der Waals surface area contributed by atoms with E-state index in [4.69, 9.17) is 0 Å². The van der Waals surface area contributed by atoms with Crippen LogP contribution in [0.25, 0.3) is 0 Å². The van der Waals surface area contributed by atoms with Gasteiger partial charge in [0.25, 0.3) is 0 Å². The molecule has 0 aliphatic carbocycles. The molecule has 0 unspecified atom stereocenters. The van der Waals surface area contributed by atoms with Gasteiger partial charge in [-0.2, -0.15) is 0 Å². The molecule has 28 heavy (non-hydrogen) atoms. The average Bonchev–Trinajstić information content (AvgIpc) is 2.72. The van der Waals surface area contributed by atoms with Crippen LogP contribution in [0, 0.1) is 5.92 Å². The summed E-state index contributed by atoms with van der Waals surface area (Å²) < 4.78 is 0. The largest absolute Gasteiger partial charge is 0.298 e. The van der Waals surface area contributed by atoms with Crippen LogP contribution in [0.5, 0.6) is 0 Å². The van der Waals surface area contributed by atoms with Gasteiger partial charge >= 0.3 is 0 Å². The maximum absolute atomic E-state index is 12.6. The van der Waals surface area contributed by atoms with Crippen molar-refractivity contribution in [3.05, 3.63) is 108 Å². The SMILES string of the molecule is CC(=O)[C@H](CC(C)C)NC(c1ccccc1)(c1ccccc1)c1ccccc1. The van der Waals surface area contributed by atoms with E-state index >= 15 is 0 Å². The van der Waals surface area contributed by atoms with Crippen molar-refractivity contribution in [2.75, 3.05) is 0 Å². The first-order chi connectivity index (χ1) is 13.5. The van der Waals surface area contributed by atoms with E-state index in [-0.39, 0.29) is 11.8 Å². The Morgan fingerprint density at radius 2 is 1.11 bits per heavy atom. The molecule has 2 heteroatoms. The average molecular weight is 372 g/mol. The van der Waals surface area contributed by atoms with Crippen molar-refractivity contribution in [1.29, 1.82) is 0 Å². The first-order valence-electron chi connectivity index (χ1n) is 9.98. The highest BCUT2D eigenvalue weighted by Crippen LogP contribution is 2.37. The van der Waals surface area contributed by atoms with Crippen molar-refractivity contribution >= 4 is 5.78 Å². The van der Waals surface area contributed by atoms with Gasteiger partial charge in [-0.15, -0.1) is 0 Å². The Labute approximate surface area is 168 Å². The lowest BCUT2D eigenvalue weighted by Gasteiger charge is -2.40. The van der Waals surface area contributed by atoms with Gasteiger partial charge in [0.15, 0.2) is 0 Å². The predicted molar refractivity (Wildman–Crippen MR) is 116 cm³/mol. The molecule has 1 atom stereocenters. The third-order valence-corrected chi connectivity index (χ3v) is 5.21. The summed E-state index contributed by atoms with van der Waals surface area (Å²) in [4.78, 5) is 12.6. The van der Waals surface area contributed by atoms with E-state index in [2.05, 4.69) is 92.0 Å². The van der Waals surface area contributed by atoms with E-state index in [0.717, 1.165) is 23.1 Å². The van der Waals surface area contributed by atoms with Gasteiger partial charge in [-0.3, -0.25) is 10.1 Å². The maximum atomic E-state index is 12.6. The molecule has 0 aliphatic rings. The Morgan fingerprint density at radius 3 is 1.39 bits per heavy atom. The third kappa shape index (κ3) is 4.23. The number of carbonyl (C=O) groups excluding carboxylic acids is 1. The normalized spacial score (nSPS) is 12.7. The number of rotatable bonds is 8. The lowest BCUT2D eigenvalue weighted by atomic mass is 9.76. The van der Waals surface area contributed by atoms with Gasteiger partial charge < -0.3 is 0 Å². The Hall–Kier alpha value is -2.71.